The molecule has 3 amide bonds. The molecule has 2 aliphatic rings. The van der Waals surface area contributed by atoms with Gasteiger partial charge in [-0.15, -0.1) is 0 Å². The monoisotopic (exact) mass is 364 g/mol. The zero-order valence-corrected chi connectivity index (χ0v) is 14.0. The van der Waals surface area contributed by atoms with E-state index in [-0.39, 0.29) is 25.5 Å². The smallest absolute Gasteiger partial charge is 0.267 e. The molecule has 0 N–H and O–H groups in total. The van der Waals surface area contributed by atoms with Gasteiger partial charge in [0.25, 0.3) is 5.92 Å². The van der Waals surface area contributed by atoms with Crippen LogP contribution in [0.3, 0.4) is 0 Å². The Labute approximate surface area is 148 Å². The largest absolute Gasteiger partial charge is 0.330 e. The third kappa shape index (κ3) is 3.42. The summed E-state index contributed by atoms with van der Waals surface area (Å²) in [4.78, 5) is 44.5. The first-order valence-corrected chi connectivity index (χ1v) is 8.13. The van der Waals surface area contributed by atoms with Crippen molar-refractivity contribution in [1.29, 1.82) is 0 Å². The molecule has 7 nitrogen and oxygen atoms in total. The zero-order chi connectivity index (χ0) is 18.9. The number of piperazine rings is 1. The van der Waals surface area contributed by atoms with Crippen LogP contribution in [-0.2, 0) is 14.4 Å². The molecule has 0 radical (unpaired) electrons. The Kier molecular flexibility index (Phi) is 4.71. The molecule has 1 aromatic rings. The number of carbonyl (C=O) groups is 3. The molecule has 2 fully saturated rings. The Morgan fingerprint density at radius 3 is 2.69 bits per heavy atom. The highest BCUT2D eigenvalue weighted by Gasteiger charge is 2.50. The lowest BCUT2D eigenvalue weighted by Crippen LogP contribution is -2.56. The fourth-order valence-corrected chi connectivity index (χ4v) is 3.21. The van der Waals surface area contributed by atoms with Crippen LogP contribution in [0, 0.1) is 0 Å². The number of rotatable bonds is 3. The van der Waals surface area contributed by atoms with Crippen molar-refractivity contribution in [3.05, 3.63) is 37.1 Å². The summed E-state index contributed by atoms with van der Waals surface area (Å²) in [5.41, 5.74) is 0. The molecule has 138 valence electrons. The number of alkyl halides is 2. The quantitative estimate of drug-likeness (QED) is 0.740. The van der Waals surface area contributed by atoms with E-state index in [1.54, 1.807) is 24.4 Å². The molecule has 0 aromatic carbocycles. The average Bonchev–Trinajstić information content (AvgIpc) is 2.96. The van der Waals surface area contributed by atoms with Gasteiger partial charge in [-0.1, -0.05) is 12.6 Å². The van der Waals surface area contributed by atoms with Crippen LogP contribution in [0.15, 0.2) is 37.1 Å². The molecule has 1 aromatic heterocycles. The molecular weight excluding hydrogens is 346 g/mol. The van der Waals surface area contributed by atoms with Gasteiger partial charge in [-0.05, 0) is 18.2 Å². The first-order valence-electron chi connectivity index (χ1n) is 8.13. The Morgan fingerprint density at radius 2 is 2.08 bits per heavy atom. The van der Waals surface area contributed by atoms with Crippen molar-refractivity contribution >= 4 is 23.5 Å². The van der Waals surface area contributed by atoms with Crippen LogP contribution < -0.4 is 4.90 Å². The standard InChI is InChI=1S/C17H18F2N4O3/c1-2-14(24)23-11-17(18,19)9-12(23)16(26)21-7-8-22(15(25)10-21)13-5-3-4-6-20-13/h2-6,12H,1,7-11H2/t12-/m1/s1. The minimum Gasteiger partial charge on any atom is -0.330 e. The van der Waals surface area contributed by atoms with Crippen LogP contribution in [0.5, 0.6) is 0 Å². The number of aromatic nitrogens is 1. The van der Waals surface area contributed by atoms with E-state index >= 15 is 0 Å². The first kappa shape index (κ1) is 18.0. The van der Waals surface area contributed by atoms with Crippen LogP contribution >= 0.6 is 0 Å². The molecule has 0 aliphatic carbocycles. The second-order valence-corrected chi connectivity index (χ2v) is 6.24. The van der Waals surface area contributed by atoms with Crippen LogP contribution in [0.4, 0.5) is 14.6 Å². The summed E-state index contributed by atoms with van der Waals surface area (Å²) in [7, 11) is 0. The molecule has 26 heavy (non-hydrogen) atoms. The molecular formula is C17H18F2N4O3. The van der Waals surface area contributed by atoms with Gasteiger partial charge in [-0.2, -0.15) is 0 Å². The molecule has 0 bridgehead atoms. The SMILES string of the molecule is C=CC(=O)N1CC(F)(F)C[C@@H]1C(=O)N1CCN(c2ccccn2)C(=O)C1. The second kappa shape index (κ2) is 6.81. The second-order valence-electron chi connectivity index (χ2n) is 6.24. The van der Waals surface area contributed by atoms with E-state index in [0.717, 1.165) is 11.0 Å². The molecule has 2 saturated heterocycles. The Morgan fingerprint density at radius 1 is 1.31 bits per heavy atom. The number of halogens is 2. The van der Waals surface area contributed by atoms with Crippen molar-refractivity contribution in [1.82, 2.24) is 14.8 Å². The predicted octanol–water partition coefficient (Wildman–Crippen LogP) is 0.679. The molecule has 0 saturated carbocycles. The molecule has 9 heteroatoms. The summed E-state index contributed by atoms with van der Waals surface area (Å²) >= 11 is 0. The van der Waals surface area contributed by atoms with Gasteiger partial charge >= 0.3 is 0 Å². The van der Waals surface area contributed by atoms with Crippen molar-refractivity contribution < 1.29 is 23.2 Å². The fraction of sp³-hybridized carbons (Fsp3) is 0.412. The number of carbonyl (C=O) groups excluding carboxylic acids is 3. The highest BCUT2D eigenvalue weighted by Crippen LogP contribution is 2.33. The maximum Gasteiger partial charge on any atom is 0.267 e. The predicted molar refractivity (Wildman–Crippen MR) is 88.4 cm³/mol. The number of anilines is 1. The highest BCUT2D eigenvalue weighted by atomic mass is 19.3. The number of pyridine rings is 1. The Hall–Kier alpha value is -2.84. The van der Waals surface area contributed by atoms with Crippen molar-refractivity contribution in [3.8, 4) is 0 Å². The van der Waals surface area contributed by atoms with Gasteiger partial charge in [0.05, 0.1) is 6.54 Å². The number of hydrogen-bond acceptors (Lipinski definition) is 4. The van der Waals surface area contributed by atoms with Gasteiger partial charge in [0.1, 0.15) is 18.4 Å². The summed E-state index contributed by atoms with van der Waals surface area (Å²) in [5, 5.41) is 0. The maximum atomic E-state index is 13.7. The average molecular weight is 364 g/mol. The van der Waals surface area contributed by atoms with Gasteiger partial charge in [-0.3, -0.25) is 19.3 Å². The van der Waals surface area contributed by atoms with E-state index in [9.17, 15) is 23.2 Å². The lowest BCUT2D eigenvalue weighted by molar-refractivity contribution is -0.144. The lowest BCUT2D eigenvalue weighted by Gasteiger charge is -2.36. The highest BCUT2D eigenvalue weighted by molar-refractivity contribution is 5.99. The summed E-state index contributed by atoms with van der Waals surface area (Å²) in [6.45, 7) is 2.61. The Balaban J connectivity index is 1.72. The fourth-order valence-electron chi connectivity index (χ4n) is 3.21. The first-order chi connectivity index (χ1) is 12.3. The minimum absolute atomic E-state index is 0.180. The van der Waals surface area contributed by atoms with Crippen molar-refractivity contribution in [2.45, 2.75) is 18.4 Å². The van der Waals surface area contributed by atoms with Crippen molar-refractivity contribution in [2.24, 2.45) is 0 Å². The van der Waals surface area contributed by atoms with Crippen molar-refractivity contribution in [2.75, 3.05) is 31.1 Å². The molecule has 3 heterocycles. The summed E-state index contributed by atoms with van der Waals surface area (Å²) in [6.07, 6.45) is 1.71. The third-order valence-corrected chi connectivity index (χ3v) is 4.47. The van der Waals surface area contributed by atoms with Crippen LogP contribution in [-0.4, -0.2) is 70.6 Å². The zero-order valence-electron chi connectivity index (χ0n) is 14.0. The van der Waals surface area contributed by atoms with Gasteiger partial charge in [-0.25, -0.2) is 13.8 Å². The van der Waals surface area contributed by atoms with Gasteiger partial charge in [0, 0.05) is 25.7 Å². The number of nitrogens with zero attached hydrogens (tertiary/aromatic N) is 4. The number of likely N-dealkylation sites (tertiary alicyclic amines) is 1. The normalized spacial score (nSPS) is 22.5. The van der Waals surface area contributed by atoms with E-state index in [2.05, 4.69) is 11.6 Å². The molecule has 1 atom stereocenters. The summed E-state index contributed by atoms with van der Waals surface area (Å²) < 4.78 is 27.5. The van der Waals surface area contributed by atoms with Gasteiger partial charge < -0.3 is 9.80 Å². The van der Waals surface area contributed by atoms with E-state index < -0.39 is 36.7 Å². The van der Waals surface area contributed by atoms with Crippen LogP contribution in [0.2, 0.25) is 0 Å². The minimum atomic E-state index is -3.14. The van der Waals surface area contributed by atoms with Crippen LogP contribution in [0.1, 0.15) is 6.42 Å². The summed E-state index contributed by atoms with van der Waals surface area (Å²) in [6, 6.07) is 3.85. The molecule has 0 unspecified atom stereocenters. The maximum absolute atomic E-state index is 13.7. The van der Waals surface area contributed by atoms with E-state index in [0.29, 0.717) is 5.82 Å². The van der Waals surface area contributed by atoms with E-state index in [1.807, 2.05) is 0 Å². The molecule has 2 aliphatic heterocycles. The van der Waals surface area contributed by atoms with Gasteiger partial charge in [0.2, 0.25) is 17.7 Å². The lowest BCUT2D eigenvalue weighted by atomic mass is 10.1. The molecule has 3 rings (SSSR count). The third-order valence-electron chi connectivity index (χ3n) is 4.47. The van der Waals surface area contributed by atoms with Gasteiger partial charge in [0.15, 0.2) is 0 Å². The van der Waals surface area contributed by atoms with E-state index in [4.69, 9.17) is 0 Å². The summed E-state index contributed by atoms with van der Waals surface area (Å²) in [5.74, 6) is -4.39. The molecule has 0 spiro atoms. The van der Waals surface area contributed by atoms with E-state index in [1.165, 1.54) is 9.80 Å². The van der Waals surface area contributed by atoms with Crippen LogP contribution in [0.25, 0.3) is 0 Å². The number of hydrogen-bond donors (Lipinski definition) is 0. The Bertz CT molecular complexity index is 741. The number of amides is 3. The van der Waals surface area contributed by atoms with Crippen molar-refractivity contribution in [3.63, 3.8) is 0 Å². The topological polar surface area (TPSA) is 73.8 Å².